The van der Waals surface area contributed by atoms with E-state index in [1.54, 1.807) is 0 Å². The van der Waals surface area contributed by atoms with Gasteiger partial charge in [0.15, 0.2) is 0 Å². The van der Waals surface area contributed by atoms with Crippen LogP contribution in [0.25, 0.3) is 0 Å². The Hall–Kier alpha value is -1.88. The lowest BCUT2D eigenvalue weighted by molar-refractivity contribution is -0.126. The van der Waals surface area contributed by atoms with Crippen LogP contribution in [0, 0.1) is 5.92 Å². The molecule has 1 aliphatic rings. The molecule has 0 spiro atoms. The molecule has 0 radical (unpaired) electrons. The third kappa shape index (κ3) is 6.40. The molecule has 0 aromatic heterocycles. The highest BCUT2D eigenvalue weighted by Crippen LogP contribution is 2.25. The van der Waals surface area contributed by atoms with Crippen LogP contribution in [0.15, 0.2) is 30.3 Å². The SMILES string of the molecule is NC(CNC(=O)CNC(=O)CC1CCCCC1)c1ccccc1. The van der Waals surface area contributed by atoms with E-state index in [0.717, 1.165) is 18.4 Å². The van der Waals surface area contributed by atoms with Crippen LogP contribution in [0.4, 0.5) is 0 Å². The van der Waals surface area contributed by atoms with Gasteiger partial charge in [0.2, 0.25) is 11.8 Å². The lowest BCUT2D eigenvalue weighted by atomic mass is 9.87. The molecule has 0 heterocycles. The first-order chi connectivity index (χ1) is 11.1. The minimum atomic E-state index is -0.238. The average molecular weight is 317 g/mol. The van der Waals surface area contributed by atoms with Gasteiger partial charge in [-0.2, -0.15) is 0 Å². The van der Waals surface area contributed by atoms with Gasteiger partial charge >= 0.3 is 0 Å². The molecular weight excluding hydrogens is 290 g/mol. The molecule has 1 aromatic rings. The standard InChI is InChI=1S/C18H27N3O2/c19-16(15-9-5-2-6-10-15)12-20-18(23)13-21-17(22)11-14-7-3-1-4-8-14/h2,5-6,9-10,14,16H,1,3-4,7-8,11-13,19H2,(H,20,23)(H,21,22). The number of hydrogen-bond donors (Lipinski definition) is 3. The predicted molar refractivity (Wildman–Crippen MR) is 90.6 cm³/mol. The van der Waals surface area contributed by atoms with Gasteiger partial charge in [0.1, 0.15) is 0 Å². The maximum Gasteiger partial charge on any atom is 0.239 e. The van der Waals surface area contributed by atoms with Gasteiger partial charge in [-0.1, -0.05) is 49.6 Å². The van der Waals surface area contributed by atoms with Crippen molar-refractivity contribution in [1.29, 1.82) is 0 Å². The normalized spacial score (nSPS) is 16.6. The Bertz CT molecular complexity index is 498. The highest BCUT2D eigenvalue weighted by Gasteiger charge is 2.17. The minimum Gasteiger partial charge on any atom is -0.353 e. The van der Waals surface area contributed by atoms with Crippen molar-refractivity contribution in [2.75, 3.05) is 13.1 Å². The molecule has 5 nitrogen and oxygen atoms in total. The van der Waals surface area contributed by atoms with E-state index < -0.39 is 0 Å². The van der Waals surface area contributed by atoms with Crippen molar-refractivity contribution >= 4 is 11.8 Å². The van der Waals surface area contributed by atoms with Crippen LogP contribution in [-0.4, -0.2) is 24.9 Å². The largest absolute Gasteiger partial charge is 0.353 e. The molecule has 5 heteroatoms. The van der Waals surface area contributed by atoms with Crippen molar-refractivity contribution in [2.45, 2.75) is 44.6 Å². The average Bonchev–Trinajstić information content (AvgIpc) is 2.59. The number of benzene rings is 1. The fraction of sp³-hybridized carbons (Fsp3) is 0.556. The Kier molecular flexibility index (Phi) is 7.07. The monoisotopic (exact) mass is 317 g/mol. The number of carbonyl (C=O) groups is 2. The number of nitrogens with two attached hydrogens (primary N) is 1. The molecule has 0 aliphatic heterocycles. The van der Waals surface area contributed by atoms with E-state index in [-0.39, 0.29) is 24.4 Å². The van der Waals surface area contributed by atoms with Crippen molar-refractivity contribution in [2.24, 2.45) is 11.7 Å². The third-order valence-corrected chi connectivity index (χ3v) is 4.39. The van der Waals surface area contributed by atoms with Crippen molar-refractivity contribution in [3.05, 3.63) is 35.9 Å². The Balaban J connectivity index is 1.61. The molecular formula is C18H27N3O2. The molecule has 1 aliphatic carbocycles. The molecule has 1 saturated carbocycles. The summed E-state index contributed by atoms with van der Waals surface area (Å²) < 4.78 is 0. The van der Waals surface area contributed by atoms with Gasteiger partial charge in [-0.05, 0) is 24.3 Å². The second kappa shape index (κ2) is 9.30. The quantitative estimate of drug-likeness (QED) is 0.718. The van der Waals surface area contributed by atoms with Crippen LogP contribution in [0.2, 0.25) is 0 Å². The molecule has 126 valence electrons. The van der Waals surface area contributed by atoms with Gasteiger partial charge < -0.3 is 16.4 Å². The number of nitrogens with one attached hydrogen (secondary N) is 2. The molecule has 1 fully saturated rings. The van der Waals surface area contributed by atoms with E-state index in [1.165, 1.54) is 19.3 Å². The van der Waals surface area contributed by atoms with E-state index in [0.29, 0.717) is 18.9 Å². The van der Waals surface area contributed by atoms with E-state index in [2.05, 4.69) is 10.6 Å². The highest BCUT2D eigenvalue weighted by molar-refractivity contribution is 5.84. The summed E-state index contributed by atoms with van der Waals surface area (Å²) in [5.41, 5.74) is 7.00. The van der Waals surface area contributed by atoms with Gasteiger partial charge in [0.25, 0.3) is 0 Å². The van der Waals surface area contributed by atoms with Gasteiger partial charge in [-0.25, -0.2) is 0 Å². The number of hydrogen-bond acceptors (Lipinski definition) is 3. The van der Waals surface area contributed by atoms with Crippen LogP contribution in [0.1, 0.15) is 50.1 Å². The molecule has 0 bridgehead atoms. The Morgan fingerprint density at radius 1 is 1.04 bits per heavy atom. The van der Waals surface area contributed by atoms with E-state index in [9.17, 15) is 9.59 Å². The van der Waals surface area contributed by atoms with E-state index in [1.807, 2.05) is 30.3 Å². The summed E-state index contributed by atoms with van der Waals surface area (Å²) in [7, 11) is 0. The zero-order valence-electron chi connectivity index (χ0n) is 13.6. The molecule has 0 saturated heterocycles. The fourth-order valence-electron chi connectivity index (χ4n) is 3.01. The maximum absolute atomic E-state index is 11.9. The molecule has 1 unspecified atom stereocenters. The third-order valence-electron chi connectivity index (χ3n) is 4.39. The number of rotatable bonds is 7. The minimum absolute atomic E-state index is 0.0209. The summed E-state index contributed by atoms with van der Waals surface area (Å²) in [6, 6.07) is 9.39. The highest BCUT2D eigenvalue weighted by atomic mass is 16.2. The summed E-state index contributed by atoms with van der Waals surface area (Å²) >= 11 is 0. The van der Waals surface area contributed by atoms with Crippen LogP contribution < -0.4 is 16.4 Å². The lowest BCUT2D eigenvalue weighted by Gasteiger charge is -2.20. The van der Waals surface area contributed by atoms with Crippen LogP contribution in [-0.2, 0) is 9.59 Å². The first kappa shape index (κ1) is 17.5. The van der Waals surface area contributed by atoms with Crippen molar-refractivity contribution in [1.82, 2.24) is 10.6 Å². The Morgan fingerprint density at radius 3 is 2.43 bits per heavy atom. The smallest absolute Gasteiger partial charge is 0.239 e. The second-order valence-electron chi connectivity index (χ2n) is 6.31. The van der Waals surface area contributed by atoms with Gasteiger partial charge in [-0.3, -0.25) is 9.59 Å². The molecule has 2 rings (SSSR count). The first-order valence-corrected chi connectivity index (χ1v) is 8.49. The zero-order valence-corrected chi connectivity index (χ0v) is 13.6. The van der Waals surface area contributed by atoms with Gasteiger partial charge in [-0.15, -0.1) is 0 Å². The number of carbonyl (C=O) groups excluding carboxylic acids is 2. The van der Waals surface area contributed by atoms with Gasteiger partial charge in [0.05, 0.1) is 6.54 Å². The molecule has 1 aromatic carbocycles. The lowest BCUT2D eigenvalue weighted by Crippen LogP contribution is -2.40. The Morgan fingerprint density at radius 2 is 1.74 bits per heavy atom. The summed E-state index contributed by atoms with van der Waals surface area (Å²) in [6.45, 7) is 0.383. The van der Waals surface area contributed by atoms with Crippen LogP contribution in [0.3, 0.4) is 0 Å². The Labute approximate surface area is 138 Å². The molecule has 23 heavy (non-hydrogen) atoms. The van der Waals surface area contributed by atoms with Gasteiger partial charge in [0, 0.05) is 19.0 Å². The zero-order chi connectivity index (χ0) is 16.5. The van der Waals surface area contributed by atoms with E-state index >= 15 is 0 Å². The van der Waals surface area contributed by atoms with Crippen LogP contribution in [0.5, 0.6) is 0 Å². The predicted octanol–water partition coefficient (Wildman–Crippen LogP) is 1.89. The van der Waals surface area contributed by atoms with Crippen LogP contribution >= 0.6 is 0 Å². The molecule has 2 amide bonds. The summed E-state index contributed by atoms with van der Waals surface area (Å²) in [5.74, 6) is 0.256. The molecule has 1 atom stereocenters. The summed E-state index contributed by atoms with van der Waals surface area (Å²) in [4.78, 5) is 23.7. The van der Waals surface area contributed by atoms with Crippen molar-refractivity contribution in [3.8, 4) is 0 Å². The van der Waals surface area contributed by atoms with Crippen molar-refractivity contribution in [3.63, 3.8) is 0 Å². The number of amides is 2. The van der Waals surface area contributed by atoms with E-state index in [4.69, 9.17) is 5.73 Å². The fourth-order valence-corrected chi connectivity index (χ4v) is 3.01. The topological polar surface area (TPSA) is 84.2 Å². The summed E-state index contributed by atoms with van der Waals surface area (Å²) in [5, 5.41) is 5.46. The maximum atomic E-state index is 11.9. The van der Waals surface area contributed by atoms with Crippen molar-refractivity contribution < 1.29 is 9.59 Å². The second-order valence-corrected chi connectivity index (χ2v) is 6.31. The summed E-state index contributed by atoms with van der Waals surface area (Å²) in [6.07, 6.45) is 6.52. The molecule has 4 N–H and O–H groups in total. The first-order valence-electron chi connectivity index (χ1n) is 8.49.